The summed E-state index contributed by atoms with van der Waals surface area (Å²) in [6.07, 6.45) is 0.680. The highest BCUT2D eigenvalue weighted by Crippen LogP contribution is 2.33. The Morgan fingerprint density at radius 2 is 2.32 bits per heavy atom. The van der Waals surface area contributed by atoms with E-state index in [9.17, 15) is 5.11 Å². The molecule has 3 heterocycles. The first-order valence-corrected chi connectivity index (χ1v) is 7.82. The van der Waals surface area contributed by atoms with Crippen LogP contribution in [0.15, 0.2) is 27.2 Å². The number of thioether (sulfide) groups is 1. The van der Waals surface area contributed by atoms with Crippen molar-refractivity contribution in [3.8, 4) is 0 Å². The Hall–Kier alpha value is -0.890. The van der Waals surface area contributed by atoms with Crippen molar-refractivity contribution in [1.82, 2.24) is 10.2 Å². The van der Waals surface area contributed by atoms with Crippen molar-refractivity contribution >= 4 is 23.1 Å². The van der Waals surface area contributed by atoms with Gasteiger partial charge in [0.05, 0.1) is 26.2 Å². The standard InChI is InChI=1S/C12H14N2O3S2/c15-5-12(6-16-7-12)8-19-11-14-13-10(17-11)4-9-2-1-3-18-9/h1-3,15H,4-8H2. The Morgan fingerprint density at radius 3 is 2.95 bits per heavy atom. The Labute approximate surface area is 119 Å². The number of thiophene rings is 1. The first-order valence-electron chi connectivity index (χ1n) is 5.96. The minimum Gasteiger partial charge on any atom is -0.416 e. The van der Waals surface area contributed by atoms with Crippen LogP contribution in [0, 0.1) is 5.41 Å². The van der Waals surface area contributed by atoms with Crippen LogP contribution in [0.1, 0.15) is 10.8 Å². The highest BCUT2D eigenvalue weighted by Gasteiger charge is 2.38. The molecule has 0 aliphatic carbocycles. The molecular formula is C12H14N2O3S2. The predicted octanol–water partition coefficient (Wildman–Crippen LogP) is 1.82. The van der Waals surface area contributed by atoms with E-state index in [1.54, 1.807) is 11.3 Å². The van der Waals surface area contributed by atoms with Gasteiger partial charge in [-0.25, -0.2) is 0 Å². The largest absolute Gasteiger partial charge is 0.416 e. The summed E-state index contributed by atoms with van der Waals surface area (Å²) in [4.78, 5) is 1.21. The number of aromatic nitrogens is 2. The van der Waals surface area contributed by atoms with Gasteiger partial charge in [0.2, 0.25) is 5.89 Å². The fourth-order valence-corrected chi connectivity index (χ4v) is 3.39. The van der Waals surface area contributed by atoms with Gasteiger partial charge in [-0.05, 0) is 11.4 Å². The highest BCUT2D eigenvalue weighted by atomic mass is 32.2. The van der Waals surface area contributed by atoms with E-state index >= 15 is 0 Å². The van der Waals surface area contributed by atoms with E-state index in [0.717, 1.165) is 5.75 Å². The molecule has 0 spiro atoms. The lowest BCUT2D eigenvalue weighted by Gasteiger charge is -2.39. The van der Waals surface area contributed by atoms with E-state index in [4.69, 9.17) is 9.15 Å². The third-order valence-corrected chi connectivity index (χ3v) is 5.05. The summed E-state index contributed by atoms with van der Waals surface area (Å²) < 4.78 is 10.7. The van der Waals surface area contributed by atoms with Gasteiger partial charge < -0.3 is 14.3 Å². The van der Waals surface area contributed by atoms with Crippen molar-refractivity contribution < 1.29 is 14.3 Å². The van der Waals surface area contributed by atoms with Gasteiger partial charge >= 0.3 is 0 Å². The number of ether oxygens (including phenoxy) is 1. The molecule has 0 unspecified atom stereocenters. The maximum atomic E-state index is 9.33. The summed E-state index contributed by atoms with van der Waals surface area (Å²) in [5, 5.41) is 20.0. The van der Waals surface area contributed by atoms with Crippen LogP contribution >= 0.6 is 23.1 Å². The Bertz CT molecular complexity index is 517. The Morgan fingerprint density at radius 1 is 1.42 bits per heavy atom. The molecule has 0 radical (unpaired) electrons. The lowest BCUT2D eigenvalue weighted by molar-refractivity contribution is -0.121. The van der Waals surface area contributed by atoms with Crippen LogP contribution in [-0.4, -0.2) is 40.9 Å². The van der Waals surface area contributed by atoms with Gasteiger partial charge in [0, 0.05) is 16.0 Å². The van der Waals surface area contributed by atoms with Crippen LogP contribution in [0.25, 0.3) is 0 Å². The summed E-state index contributed by atoms with van der Waals surface area (Å²) in [6.45, 7) is 1.34. The number of hydrogen-bond acceptors (Lipinski definition) is 7. The maximum absolute atomic E-state index is 9.33. The molecule has 102 valence electrons. The molecule has 1 aliphatic rings. The zero-order valence-electron chi connectivity index (χ0n) is 10.2. The smallest absolute Gasteiger partial charge is 0.276 e. The van der Waals surface area contributed by atoms with Crippen molar-refractivity contribution in [3.05, 3.63) is 28.3 Å². The summed E-state index contributed by atoms with van der Waals surface area (Å²) >= 11 is 3.16. The van der Waals surface area contributed by atoms with Crippen molar-refractivity contribution in [2.45, 2.75) is 11.6 Å². The van der Waals surface area contributed by atoms with Crippen LogP contribution in [0.5, 0.6) is 0 Å². The van der Waals surface area contributed by atoms with E-state index in [1.807, 2.05) is 17.5 Å². The molecule has 2 aromatic rings. The van der Waals surface area contributed by atoms with Crippen LogP contribution in [0.4, 0.5) is 0 Å². The fraction of sp³-hybridized carbons (Fsp3) is 0.500. The molecule has 1 aliphatic heterocycles. The molecule has 2 aromatic heterocycles. The normalized spacial score (nSPS) is 17.3. The number of rotatable bonds is 6. The molecule has 7 heteroatoms. The van der Waals surface area contributed by atoms with E-state index < -0.39 is 0 Å². The molecular weight excluding hydrogens is 284 g/mol. The molecule has 19 heavy (non-hydrogen) atoms. The average molecular weight is 298 g/mol. The molecule has 5 nitrogen and oxygen atoms in total. The van der Waals surface area contributed by atoms with Crippen molar-refractivity contribution in [3.63, 3.8) is 0 Å². The van der Waals surface area contributed by atoms with Crippen molar-refractivity contribution in [1.29, 1.82) is 0 Å². The monoisotopic (exact) mass is 298 g/mol. The van der Waals surface area contributed by atoms with Crippen LogP contribution in [0.3, 0.4) is 0 Å². The lowest BCUT2D eigenvalue weighted by atomic mass is 9.90. The first kappa shape index (κ1) is 13.1. The summed E-state index contributed by atoms with van der Waals surface area (Å²) in [5.41, 5.74) is -0.132. The molecule has 0 saturated carbocycles. The minimum atomic E-state index is -0.132. The third-order valence-electron chi connectivity index (χ3n) is 3.01. The third kappa shape index (κ3) is 3.00. The van der Waals surface area contributed by atoms with Gasteiger partial charge in [0.15, 0.2) is 0 Å². The molecule has 0 aromatic carbocycles. The molecule has 1 saturated heterocycles. The topological polar surface area (TPSA) is 68.4 Å². The Kier molecular flexibility index (Phi) is 3.88. The molecule has 1 fully saturated rings. The van der Waals surface area contributed by atoms with Crippen molar-refractivity contribution in [2.24, 2.45) is 5.41 Å². The number of aliphatic hydroxyl groups is 1. The van der Waals surface area contributed by atoms with Gasteiger partial charge in [-0.15, -0.1) is 21.5 Å². The Balaban J connectivity index is 1.56. The number of aliphatic hydroxyl groups excluding tert-OH is 1. The van der Waals surface area contributed by atoms with Crippen LogP contribution in [-0.2, 0) is 11.2 Å². The second-order valence-electron chi connectivity index (χ2n) is 4.66. The maximum Gasteiger partial charge on any atom is 0.276 e. The van der Waals surface area contributed by atoms with Gasteiger partial charge in [-0.1, -0.05) is 17.8 Å². The summed E-state index contributed by atoms with van der Waals surface area (Å²) in [5.74, 6) is 1.37. The van der Waals surface area contributed by atoms with Gasteiger partial charge in [0.25, 0.3) is 5.22 Å². The summed E-state index contributed by atoms with van der Waals surface area (Å²) in [6, 6.07) is 4.06. The van der Waals surface area contributed by atoms with E-state index in [0.29, 0.717) is 30.7 Å². The van der Waals surface area contributed by atoms with Crippen molar-refractivity contribution in [2.75, 3.05) is 25.6 Å². The second kappa shape index (κ2) is 5.62. The van der Waals surface area contributed by atoms with E-state index in [-0.39, 0.29) is 12.0 Å². The molecule has 0 bridgehead atoms. The number of hydrogen-bond donors (Lipinski definition) is 1. The molecule has 0 amide bonds. The fourth-order valence-electron chi connectivity index (χ4n) is 1.76. The molecule has 1 N–H and O–H groups in total. The zero-order chi connectivity index (χ0) is 13.1. The summed E-state index contributed by atoms with van der Waals surface area (Å²) in [7, 11) is 0. The van der Waals surface area contributed by atoms with E-state index in [1.165, 1.54) is 16.6 Å². The van der Waals surface area contributed by atoms with Gasteiger partial charge in [-0.3, -0.25) is 0 Å². The lowest BCUT2D eigenvalue weighted by Crippen LogP contribution is -2.47. The first-order chi connectivity index (χ1) is 9.30. The van der Waals surface area contributed by atoms with Gasteiger partial charge in [-0.2, -0.15) is 0 Å². The zero-order valence-corrected chi connectivity index (χ0v) is 11.9. The van der Waals surface area contributed by atoms with Gasteiger partial charge in [0.1, 0.15) is 0 Å². The number of nitrogens with zero attached hydrogens (tertiary/aromatic N) is 2. The minimum absolute atomic E-state index is 0.132. The molecule has 0 atom stereocenters. The predicted molar refractivity (Wildman–Crippen MR) is 72.5 cm³/mol. The molecule has 3 rings (SSSR count). The second-order valence-corrected chi connectivity index (χ2v) is 6.62. The van der Waals surface area contributed by atoms with Crippen LogP contribution < -0.4 is 0 Å². The van der Waals surface area contributed by atoms with E-state index in [2.05, 4.69) is 10.2 Å². The highest BCUT2D eigenvalue weighted by molar-refractivity contribution is 7.99. The SMILES string of the molecule is OCC1(CSc2nnc(Cc3cccs3)o2)COC1. The quantitative estimate of drug-likeness (QED) is 0.821. The van der Waals surface area contributed by atoms with Crippen LogP contribution in [0.2, 0.25) is 0 Å². The average Bonchev–Trinajstić information content (AvgIpc) is 3.01.